The van der Waals surface area contributed by atoms with Gasteiger partial charge in [0.25, 0.3) is 0 Å². The molecular formula is C14H21FN2O. The molecule has 0 aliphatic rings. The van der Waals surface area contributed by atoms with E-state index in [0.29, 0.717) is 12.5 Å². The van der Waals surface area contributed by atoms with Gasteiger partial charge < -0.3 is 10.6 Å². The molecule has 0 radical (unpaired) electrons. The number of amides is 1. The Hall–Kier alpha value is -1.42. The fourth-order valence-electron chi connectivity index (χ4n) is 1.57. The largest absolute Gasteiger partial charge is 0.324 e. The van der Waals surface area contributed by atoms with Crippen LogP contribution in [0.3, 0.4) is 0 Å². The molecule has 0 atom stereocenters. The standard InChI is InChI=1S/C14H21FN2O/c1-10(2)16-8-4-5-14(18)17-13-7-6-11(3)9-12(13)15/h6-7,9-10,16H,4-5,8H2,1-3H3,(H,17,18). The van der Waals surface area contributed by atoms with Gasteiger partial charge in [0.1, 0.15) is 5.82 Å². The Bertz CT molecular complexity index is 405. The topological polar surface area (TPSA) is 41.1 Å². The molecule has 0 unspecified atom stereocenters. The lowest BCUT2D eigenvalue weighted by Crippen LogP contribution is -2.24. The first-order chi connectivity index (χ1) is 8.49. The Kier molecular flexibility index (Phi) is 5.78. The van der Waals surface area contributed by atoms with Crippen LogP contribution in [0.25, 0.3) is 0 Å². The zero-order chi connectivity index (χ0) is 13.5. The van der Waals surface area contributed by atoms with Crippen LogP contribution in [0.15, 0.2) is 18.2 Å². The maximum atomic E-state index is 13.5. The molecular weight excluding hydrogens is 231 g/mol. The number of hydrogen-bond acceptors (Lipinski definition) is 2. The lowest BCUT2D eigenvalue weighted by Gasteiger charge is -2.09. The van der Waals surface area contributed by atoms with Gasteiger partial charge in [0.15, 0.2) is 0 Å². The molecule has 0 aromatic heterocycles. The van der Waals surface area contributed by atoms with E-state index in [-0.39, 0.29) is 17.4 Å². The third-order valence-corrected chi connectivity index (χ3v) is 2.53. The van der Waals surface area contributed by atoms with Crippen molar-refractivity contribution in [2.24, 2.45) is 0 Å². The summed E-state index contributed by atoms with van der Waals surface area (Å²) in [7, 11) is 0. The summed E-state index contributed by atoms with van der Waals surface area (Å²) in [5.74, 6) is -0.535. The van der Waals surface area contributed by atoms with E-state index in [4.69, 9.17) is 0 Å². The number of carbonyl (C=O) groups is 1. The maximum absolute atomic E-state index is 13.5. The summed E-state index contributed by atoms with van der Waals surface area (Å²) in [6.45, 7) is 6.72. The van der Waals surface area contributed by atoms with Gasteiger partial charge in [-0.15, -0.1) is 0 Å². The van der Waals surface area contributed by atoms with Crippen molar-refractivity contribution in [3.63, 3.8) is 0 Å². The van der Waals surface area contributed by atoms with Gasteiger partial charge in [0.05, 0.1) is 5.69 Å². The molecule has 0 saturated heterocycles. The molecule has 0 fully saturated rings. The van der Waals surface area contributed by atoms with Gasteiger partial charge in [0.2, 0.25) is 5.91 Å². The Morgan fingerprint density at radius 1 is 1.39 bits per heavy atom. The van der Waals surface area contributed by atoms with Crippen molar-refractivity contribution >= 4 is 11.6 Å². The van der Waals surface area contributed by atoms with Gasteiger partial charge in [-0.05, 0) is 37.6 Å². The van der Waals surface area contributed by atoms with Crippen LogP contribution in [0.1, 0.15) is 32.3 Å². The summed E-state index contributed by atoms with van der Waals surface area (Å²) in [4.78, 5) is 11.6. The van der Waals surface area contributed by atoms with Crippen LogP contribution >= 0.6 is 0 Å². The maximum Gasteiger partial charge on any atom is 0.224 e. The Labute approximate surface area is 108 Å². The van der Waals surface area contributed by atoms with E-state index >= 15 is 0 Å². The average Bonchev–Trinajstić information content (AvgIpc) is 2.28. The number of carbonyl (C=O) groups excluding carboxylic acids is 1. The van der Waals surface area contributed by atoms with E-state index in [1.807, 2.05) is 6.92 Å². The summed E-state index contributed by atoms with van der Waals surface area (Å²) < 4.78 is 13.5. The number of rotatable bonds is 6. The van der Waals surface area contributed by atoms with Crippen molar-refractivity contribution in [3.05, 3.63) is 29.6 Å². The first-order valence-electron chi connectivity index (χ1n) is 6.28. The predicted molar refractivity (Wildman–Crippen MR) is 72.1 cm³/mol. The molecule has 1 aromatic rings. The molecule has 1 rings (SSSR count). The van der Waals surface area contributed by atoms with Crippen LogP contribution in [-0.2, 0) is 4.79 Å². The van der Waals surface area contributed by atoms with Gasteiger partial charge in [-0.1, -0.05) is 19.9 Å². The molecule has 0 spiro atoms. The van der Waals surface area contributed by atoms with Gasteiger partial charge in [-0.2, -0.15) is 0 Å². The van der Waals surface area contributed by atoms with Crippen molar-refractivity contribution in [3.8, 4) is 0 Å². The number of benzene rings is 1. The first-order valence-corrected chi connectivity index (χ1v) is 6.28. The number of hydrogen-bond donors (Lipinski definition) is 2. The van der Waals surface area contributed by atoms with Crippen LogP contribution in [0.4, 0.5) is 10.1 Å². The second-order valence-electron chi connectivity index (χ2n) is 4.74. The number of aryl methyl sites for hydroxylation is 1. The van der Waals surface area contributed by atoms with E-state index in [2.05, 4.69) is 24.5 Å². The third kappa shape index (κ3) is 5.27. The van der Waals surface area contributed by atoms with Crippen LogP contribution in [0, 0.1) is 12.7 Å². The SMILES string of the molecule is Cc1ccc(NC(=O)CCCNC(C)C)c(F)c1. The molecule has 0 bridgehead atoms. The van der Waals surface area contributed by atoms with Crippen molar-refractivity contribution in [1.29, 1.82) is 0 Å². The highest BCUT2D eigenvalue weighted by Crippen LogP contribution is 2.15. The van der Waals surface area contributed by atoms with Crippen molar-refractivity contribution in [2.75, 3.05) is 11.9 Å². The minimum atomic E-state index is -0.386. The van der Waals surface area contributed by atoms with Gasteiger partial charge in [-0.3, -0.25) is 4.79 Å². The van der Waals surface area contributed by atoms with E-state index in [9.17, 15) is 9.18 Å². The van der Waals surface area contributed by atoms with E-state index in [0.717, 1.165) is 18.5 Å². The van der Waals surface area contributed by atoms with Crippen molar-refractivity contribution < 1.29 is 9.18 Å². The van der Waals surface area contributed by atoms with Crippen molar-refractivity contribution in [1.82, 2.24) is 5.32 Å². The van der Waals surface area contributed by atoms with Gasteiger partial charge >= 0.3 is 0 Å². The summed E-state index contributed by atoms with van der Waals surface area (Å²) in [6, 6.07) is 5.20. The molecule has 18 heavy (non-hydrogen) atoms. The minimum absolute atomic E-state index is 0.150. The monoisotopic (exact) mass is 252 g/mol. The fourth-order valence-corrected chi connectivity index (χ4v) is 1.57. The number of halogens is 1. The fraction of sp³-hybridized carbons (Fsp3) is 0.500. The minimum Gasteiger partial charge on any atom is -0.324 e. The molecule has 3 nitrogen and oxygen atoms in total. The highest BCUT2D eigenvalue weighted by Gasteiger charge is 2.06. The molecule has 0 aliphatic heterocycles. The van der Waals surface area contributed by atoms with E-state index < -0.39 is 0 Å². The summed E-state index contributed by atoms with van der Waals surface area (Å²) in [6.07, 6.45) is 1.14. The average molecular weight is 252 g/mol. The Morgan fingerprint density at radius 2 is 2.11 bits per heavy atom. The van der Waals surface area contributed by atoms with Crippen LogP contribution in [0.5, 0.6) is 0 Å². The zero-order valence-corrected chi connectivity index (χ0v) is 11.2. The van der Waals surface area contributed by atoms with Crippen LogP contribution in [0.2, 0.25) is 0 Å². The molecule has 0 heterocycles. The molecule has 1 amide bonds. The lowest BCUT2D eigenvalue weighted by molar-refractivity contribution is -0.116. The Morgan fingerprint density at radius 3 is 2.72 bits per heavy atom. The molecule has 1 aromatic carbocycles. The molecule has 2 N–H and O–H groups in total. The number of nitrogens with one attached hydrogen (secondary N) is 2. The van der Waals surface area contributed by atoms with Gasteiger partial charge in [0, 0.05) is 12.5 Å². The van der Waals surface area contributed by atoms with Gasteiger partial charge in [-0.25, -0.2) is 4.39 Å². The van der Waals surface area contributed by atoms with Crippen molar-refractivity contribution in [2.45, 2.75) is 39.7 Å². The first kappa shape index (κ1) is 14.6. The van der Waals surface area contributed by atoms with Crippen LogP contribution in [-0.4, -0.2) is 18.5 Å². The van der Waals surface area contributed by atoms with Crippen LogP contribution < -0.4 is 10.6 Å². The molecule has 100 valence electrons. The van der Waals surface area contributed by atoms with E-state index in [1.165, 1.54) is 6.07 Å². The molecule has 0 saturated carbocycles. The normalized spacial score (nSPS) is 10.7. The van der Waals surface area contributed by atoms with E-state index in [1.54, 1.807) is 12.1 Å². The highest BCUT2D eigenvalue weighted by molar-refractivity contribution is 5.90. The summed E-state index contributed by atoms with van der Waals surface area (Å²) in [5.41, 5.74) is 1.09. The highest BCUT2D eigenvalue weighted by atomic mass is 19.1. The quantitative estimate of drug-likeness (QED) is 0.764. The summed E-state index contributed by atoms with van der Waals surface area (Å²) in [5, 5.41) is 5.81. The molecule has 4 heteroatoms. The second-order valence-corrected chi connectivity index (χ2v) is 4.74. The smallest absolute Gasteiger partial charge is 0.224 e. The third-order valence-electron chi connectivity index (χ3n) is 2.53. The predicted octanol–water partition coefficient (Wildman–Crippen LogP) is 2.85. The lowest BCUT2D eigenvalue weighted by atomic mass is 10.2. The molecule has 0 aliphatic carbocycles. The second kappa shape index (κ2) is 7.11. The number of anilines is 1. The zero-order valence-electron chi connectivity index (χ0n) is 11.2. The Balaban J connectivity index is 2.35. The summed E-state index contributed by atoms with van der Waals surface area (Å²) >= 11 is 0.